The molecule has 1 aromatic rings. The van der Waals surface area contributed by atoms with Crippen molar-refractivity contribution >= 4 is 33.6 Å². The van der Waals surface area contributed by atoms with Crippen LogP contribution in [0, 0.1) is 11.8 Å². The zero-order valence-corrected chi connectivity index (χ0v) is 12.0. The summed E-state index contributed by atoms with van der Waals surface area (Å²) in [5, 5.41) is 14.3. The Morgan fingerprint density at radius 3 is 2.68 bits per heavy atom. The van der Waals surface area contributed by atoms with Crippen molar-refractivity contribution in [1.82, 2.24) is 5.32 Å². The van der Waals surface area contributed by atoms with Crippen molar-refractivity contribution in [2.45, 2.75) is 13.3 Å². The predicted molar refractivity (Wildman–Crippen MR) is 75.4 cm³/mol. The van der Waals surface area contributed by atoms with Crippen LogP contribution >= 0.6 is 15.9 Å². The lowest BCUT2D eigenvalue weighted by Gasteiger charge is -2.09. The summed E-state index contributed by atoms with van der Waals surface area (Å²) in [6.07, 6.45) is 1.16. The number of amides is 2. The van der Waals surface area contributed by atoms with Crippen molar-refractivity contribution < 1.29 is 14.7 Å². The maximum absolute atomic E-state index is 11.7. The van der Waals surface area contributed by atoms with Gasteiger partial charge in [-0.05, 0) is 52.4 Å². The topological polar surface area (TPSA) is 78.4 Å². The Kier molecular flexibility index (Phi) is 4.09. The zero-order valence-electron chi connectivity index (χ0n) is 10.4. The molecular formula is C13H15BrN2O3. The van der Waals surface area contributed by atoms with Gasteiger partial charge in [0, 0.05) is 11.0 Å². The lowest BCUT2D eigenvalue weighted by molar-refractivity contribution is 0.0697. The number of nitrogens with one attached hydrogen (secondary N) is 2. The van der Waals surface area contributed by atoms with Crippen molar-refractivity contribution in [3.8, 4) is 0 Å². The summed E-state index contributed by atoms with van der Waals surface area (Å²) >= 11 is 3.24. The highest BCUT2D eigenvalue weighted by Gasteiger charge is 2.32. The fourth-order valence-electron chi connectivity index (χ4n) is 1.82. The second kappa shape index (κ2) is 5.61. The standard InChI is InChI=1S/C13H15BrN2O3/c1-7-4-9(7)6-15-13(19)16-11-3-2-8(12(17)18)5-10(11)14/h2-3,5,7,9H,4,6H2,1H3,(H,17,18)(H2,15,16,19). The van der Waals surface area contributed by atoms with Crippen LogP contribution in [0.25, 0.3) is 0 Å². The molecule has 6 heteroatoms. The molecule has 1 aliphatic rings. The van der Waals surface area contributed by atoms with Crippen molar-refractivity contribution in [3.05, 3.63) is 28.2 Å². The number of carboxylic acids is 1. The van der Waals surface area contributed by atoms with E-state index in [0.717, 1.165) is 6.42 Å². The van der Waals surface area contributed by atoms with Crippen molar-refractivity contribution in [3.63, 3.8) is 0 Å². The Hall–Kier alpha value is -1.56. The summed E-state index contributed by atoms with van der Waals surface area (Å²) in [6, 6.07) is 4.20. The van der Waals surface area contributed by atoms with Crippen LogP contribution < -0.4 is 10.6 Å². The van der Waals surface area contributed by atoms with Gasteiger partial charge in [-0.2, -0.15) is 0 Å². The minimum absolute atomic E-state index is 0.171. The van der Waals surface area contributed by atoms with Gasteiger partial charge in [-0.15, -0.1) is 0 Å². The third-order valence-electron chi connectivity index (χ3n) is 3.27. The molecule has 1 fully saturated rings. The van der Waals surface area contributed by atoms with Gasteiger partial charge in [-0.1, -0.05) is 6.92 Å². The molecule has 0 radical (unpaired) electrons. The number of hydrogen-bond acceptors (Lipinski definition) is 2. The number of carboxylic acid groups (broad SMARTS) is 1. The minimum atomic E-state index is -1.00. The quantitative estimate of drug-likeness (QED) is 0.796. The molecule has 0 aliphatic heterocycles. The van der Waals surface area contributed by atoms with Crippen LogP contribution in [-0.4, -0.2) is 23.7 Å². The Morgan fingerprint density at radius 2 is 2.16 bits per heavy atom. The Bertz CT molecular complexity index is 519. The Morgan fingerprint density at radius 1 is 1.47 bits per heavy atom. The van der Waals surface area contributed by atoms with E-state index in [0.29, 0.717) is 28.5 Å². The molecule has 0 aromatic heterocycles. The summed E-state index contributed by atoms with van der Waals surface area (Å²) in [4.78, 5) is 22.4. The molecule has 2 amide bonds. The van der Waals surface area contributed by atoms with Crippen LogP contribution in [0.5, 0.6) is 0 Å². The summed E-state index contributed by atoms with van der Waals surface area (Å²) in [5.41, 5.74) is 0.719. The van der Waals surface area contributed by atoms with Crippen molar-refractivity contribution in [2.75, 3.05) is 11.9 Å². The van der Waals surface area contributed by atoms with Gasteiger partial charge in [0.1, 0.15) is 0 Å². The lowest BCUT2D eigenvalue weighted by atomic mass is 10.2. The number of carbonyl (C=O) groups excluding carboxylic acids is 1. The molecule has 1 aliphatic carbocycles. The first-order valence-electron chi connectivity index (χ1n) is 6.05. The SMILES string of the molecule is CC1CC1CNC(=O)Nc1ccc(C(=O)O)cc1Br. The van der Waals surface area contributed by atoms with Gasteiger partial charge >= 0.3 is 12.0 Å². The number of benzene rings is 1. The first-order chi connectivity index (χ1) is 8.97. The number of carbonyl (C=O) groups is 2. The maximum atomic E-state index is 11.7. The molecule has 0 saturated heterocycles. The van der Waals surface area contributed by atoms with E-state index in [1.54, 1.807) is 6.07 Å². The van der Waals surface area contributed by atoms with Crippen molar-refractivity contribution in [2.24, 2.45) is 11.8 Å². The smallest absolute Gasteiger partial charge is 0.335 e. The molecule has 0 heterocycles. The van der Waals surface area contributed by atoms with Crippen LogP contribution in [0.15, 0.2) is 22.7 Å². The molecule has 0 bridgehead atoms. The summed E-state index contributed by atoms with van der Waals surface area (Å²) in [6.45, 7) is 2.84. The molecule has 1 saturated carbocycles. The van der Waals surface area contributed by atoms with Gasteiger partial charge in [-0.3, -0.25) is 0 Å². The molecule has 2 unspecified atom stereocenters. The minimum Gasteiger partial charge on any atom is -0.478 e. The van der Waals surface area contributed by atoms with E-state index in [9.17, 15) is 9.59 Å². The van der Waals surface area contributed by atoms with E-state index in [1.165, 1.54) is 12.1 Å². The molecule has 2 rings (SSSR count). The van der Waals surface area contributed by atoms with Crippen LogP contribution in [0.4, 0.5) is 10.5 Å². The number of rotatable bonds is 4. The van der Waals surface area contributed by atoms with Gasteiger partial charge in [0.2, 0.25) is 0 Å². The fourth-order valence-corrected chi connectivity index (χ4v) is 2.30. The van der Waals surface area contributed by atoms with E-state index in [-0.39, 0.29) is 11.6 Å². The predicted octanol–water partition coefficient (Wildman–Crippen LogP) is 2.92. The number of halogens is 1. The van der Waals surface area contributed by atoms with Gasteiger partial charge in [-0.25, -0.2) is 9.59 Å². The van der Waals surface area contributed by atoms with Crippen LogP contribution in [0.2, 0.25) is 0 Å². The van der Waals surface area contributed by atoms with E-state index in [4.69, 9.17) is 5.11 Å². The van der Waals surface area contributed by atoms with Gasteiger partial charge in [0.05, 0.1) is 11.3 Å². The van der Waals surface area contributed by atoms with Crippen molar-refractivity contribution in [1.29, 1.82) is 0 Å². The normalized spacial score (nSPS) is 20.7. The largest absolute Gasteiger partial charge is 0.478 e. The van der Waals surface area contributed by atoms with Gasteiger partial charge < -0.3 is 15.7 Å². The number of hydrogen-bond donors (Lipinski definition) is 3. The third-order valence-corrected chi connectivity index (χ3v) is 3.92. The van der Waals surface area contributed by atoms with Crippen LogP contribution in [-0.2, 0) is 0 Å². The van der Waals surface area contributed by atoms with Gasteiger partial charge in [0.25, 0.3) is 0 Å². The fraction of sp³-hybridized carbons (Fsp3) is 0.385. The summed E-state index contributed by atoms with van der Waals surface area (Å²) < 4.78 is 0.544. The molecule has 19 heavy (non-hydrogen) atoms. The summed E-state index contributed by atoms with van der Waals surface area (Å²) in [7, 11) is 0. The molecule has 0 spiro atoms. The van der Waals surface area contributed by atoms with Crippen LogP contribution in [0.3, 0.4) is 0 Å². The number of aromatic carboxylic acids is 1. The molecule has 3 N–H and O–H groups in total. The highest BCUT2D eigenvalue weighted by molar-refractivity contribution is 9.10. The highest BCUT2D eigenvalue weighted by Crippen LogP contribution is 2.36. The molecule has 102 valence electrons. The van der Waals surface area contributed by atoms with E-state index in [1.807, 2.05) is 0 Å². The number of anilines is 1. The molecule has 5 nitrogen and oxygen atoms in total. The lowest BCUT2D eigenvalue weighted by Crippen LogP contribution is -2.30. The Labute approximate surface area is 119 Å². The number of urea groups is 1. The average molecular weight is 327 g/mol. The van der Waals surface area contributed by atoms with E-state index >= 15 is 0 Å². The average Bonchev–Trinajstić information content (AvgIpc) is 3.05. The third kappa shape index (κ3) is 3.70. The Balaban J connectivity index is 1.91. The summed E-state index contributed by atoms with van der Waals surface area (Å²) in [5.74, 6) is 0.282. The molecular weight excluding hydrogens is 312 g/mol. The van der Waals surface area contributed by atoms with Gasteiger partial charge in [0.15, 0.2) is 0 Å². The second-order valence-electron chi connectivity index (χ2n) is 4.81. The first-order valence-corrected chi connectivity index (χ1v) is 6.84. The van der Waals surface area contributed by atoms with E-state index in [2.05, 4.69) is 33.5 Å². The second-order valence-corrected chi connectivity index (χ2v) is 5.66. The zero-order chi connectivity index (χ0) is 14.0. The molecule has 1 aromatic carbocycles. The first kappa shape index (κ1) is 13.9. The van der Waals surface area contributed by atoms with E-state index < -0.39 is 5.97 Å². The monoisotopic (exact) mass is 326 g/mol. The molecule has 2 atom stereocenters. The maximum Gasteiger partial charge on any atom is 0.335 e. The van der Waals surface area contributed by atoms with Crippen LogP contribution in [0.1, 0.15) is 23.7 Å². The highest BCUT2D eigenvalue weighted by atomic mass is 79.9.